The third-order valence-corrected chi connectivity index (χ3v) is 5.57. The third-order valence-electron chi connectivity index (χ3n) is 4.53. The Hall–Kier alpha value is -3.33. The number of thiazole rings is 1. The molecule has 0 spiro atoms. The van der Waals surface area contributed by atoms with E-state index in [1.807, 2.05) is 17.6 Å². The first-order valence-corrected chi connectivity index (χ1v) is 9.89. The number of fused-ring (bicyclic) bond motifs is 1. The smallest absolute Gasteiger partial charge is 0.337 e. The normalized spacial score (nSPS) is 11.4. The van der Waals surface area contributed by atoms with Crippen LogP contribution in [-0.2, 0) is 11.3 Å². The van der Waals surface area contributed by atoms with Gasteiger partial charge >= 0.3 is 5.97 Å². The predicted molar refractivity (Wildman–Crippen MR) is 113 cm³/mol. The van der Waals surface area contributed by atoms with Crippen molar-refractivity contribution in [3.8, 4) is 17.2 Å². The van der Waals surface area contributed by atoms with E-state index in [1.165, 1.54) is 39.8 Å². The van der Waals surface area contributed by atoms with Gasteiger partial charge in [0.1, 0.15) is 0 Å². The van der Waals surface area contributed by atoms with Crippen LogP contribution in [0.3, 0.4) is 0 Å². The molecule has 158 valence electrons. The lowest BCUT2D eigenvalue weighted by Gasteiger charge is -2.12. The summed E-state index contributed by atoms with van der Waals surface area (Å²) < 4.78 is 23.4. The second-order valence-electron chi connectivity index (χ2n) is 6.13. The fourth-order valence-corrected chi connectivity index (χ4v) is 4.20. The lowest BCUT2D eigenvalue weighted by Crippen LogP contribution is -2.16. The summed E-state index contributed by atoms with van der Waals surface area (Å²) in [4.78, 5) is 29.6. The lowest BCUT2D eigenvalue weighted by atomic mass is 10.1. The average molecular weight is 430 g/mol. The zero-order chi connectivity index (χ0) is 21.8. The molecule has 1 heterocycles. The van der Waals surface area contributed by atoms with Gasteiger partial charge in [0.15, 0.2) is 16.3 Å². The van der Waals surface area contributed by atoms with Crippen LogP contribution in [0.1, 0.15) is 27.6 Å². The van der Waals surface area contributed by atoms with Crippen molar-refractivity contribution in [2.75, 3.05) is 28.4 Å². The van der Waals surface area contributed by atoms with E-state index in [0.717, 1.165) is 10.2 Å². The Morgan fingerprint density at radius 3 is 2.17 bits per heavy atom. The molecule has 0 bridgehead atoms. The summed E-state index contributed by atoms with van der Waals surface area (Å²) in [7, 11) is 5.80. The van der Waals surface area contributed by atoms with Gasteiger partial charge in [-0.05, 0) is 37.3 Å². The first-order chi connectivity index (χ1) is 14.5. The fourth-order valence-electron chi connectivity index (χ4n) is 3.06. The second kappa shape index (κ2) is 9.00. The van der Waals surface area contributed by atoms with Crippen molar-refractivity contribution in [2.45, 2.75) is 13.5 Å². The Bertz CT molecular complexity index is 1150. The molecule has 0 fully saturated rings. The minimum atomic E-state index is -0.448. The maximum Gasteiger partial charge on any atom is 0.337 e. The van der Waals surface area contributed by atoms with Gasteiger partial charge in [-0.15, -0.1) is 0 Å². The van der Waals surface area contributed by atoms with Crippen molar-refractivity contribution in [1.29, 1.82) is 0 Å². The Labute approximate surface area is 177 Å². The number of methoxy groups -OCH3 is 4. The molecular formula is C21H22N2O6S. The molecule has 0 atom stereocenters. The number of benzene rings is 2. The molecule has 3 aromatic rings. The van der Waals surface area contributed by atoms with Gasteiger partial charge in [0.05, 0.1) is 44.2 Å². The van der Waals surface area contributed by atoms with E-state index in [-0.39, 0.29) is 0 Å². The molecule has 1 aromatic heterocycles. The van der Waals surface area contributed by atoms with Crippen molar-refractivity contribution in [2.24, 2.45) is 4.99 Å². The van der Waals surface area contributed by atoms with E-state index in [2.05, 4.69) is 4.99 Å². The van der Waals surface area contributed by atoms with Crippen molar-refractivity contribution >= 4 is 33.4 Å². The standard InChI is InChI=1S/C21H22N2O6S/c1-6-23-14-8-7-12(20(25)29-5)11-17(14)30-21(23)22-19(24)13-9-15(26-2)18(28-4)16(10-13)27-3/h7-11H,6H2,1-5H3. The quantitative estimate of drug-likeness (QED) is 0.558. The fraction of sp³-hybridized carbons (Fsp3) is 0.286. The van der Waals surface area contributed by atoms with Crippen LogP contribution in [0.4, 0.5) is 0 Å². The van der Waals surface area contributed by atoms with Crippen LogP contribution in [0.2, 0.25) is 0 Å². The van der Waals surface area contributed by atoms with Crippen LogP contribution in [0.25, 0.3) is 10.2 Å². The van der Waals surface area contributed by atoms with Gasteiger partial charge in [0.25, 0.3) is 5.91 Å². The maximum absolute atomic E-state index is 12.9. The monoisotopic (exact) mass is 430 g/mol. The number of esters is 1. The number of aromatic nitrogens is 1. The van der Waals surface area contributed by atoms with Gasteiger partial charge in [0.2, 0.25) is 5.75 Å². The van der Waals surface area contributed by atoms with E-state index in [4.69, 9.17) is 18.9 Å². The van der Waals surface area contributed by atoms with Gasteiger partial charge in [-0.2, -0.15) is 4.99 Å². The van der Waals surface area contributed by atoms with Gasteiger partial charge in [0, 0.05) is 12.1 Å². The van der Waals surface area contributed by atoms with Gasteiger partial charge < -0.3 is 23.5 Å². The summed E-state index contributed by atoms with van der Waals surface area (Å²) in [6.45, 7) is 2.57. The number of hydrogen-bond acceptors (Lipinski definition) is 7. The van der Waals surface area contributed by atoms with Crippen LogP contribution < -0.4 is 19.0 Å². The topological polar surface area (TPSA) is 88.4 Å². The average Bonchev–Trinajstić information content (AvgIpc) is 3.13. The van der Waals surface area contributed by atoms with Crippen LogP contribution in [0.5, 0.6) is 17.2 Å². The SMILES string of the molecule is CCn1c(=NC(=O)c2cc(OC)c(OC)c(OC)c2)sc2cc(C(=O)OC)ccc21. The number of ether oxygens (including phenoxy) is 4. The van der Waals surface area contributed by atoms with E-state index in [1.54, 1.807) is 24.3 Å². The highest BCUT2D eigenvalue weighted by Gasteiger charge is 2.17. The maximum atomic E-state index is 12.9. The molecule has 0 aliphatic heterocycles. The minimum absolute atomic E-state index is 0.305. The Morgan fingerprint density at radius 1 is 0.967 bits per heavy atom. The zero-order valence-electron chi connectivity index (χ0n) is 17.3. The minimum Gasteiger partial charge on any atom is -0.493 e. The predicted octanol–water partition coefficient (Wildman–Crippen LogP) is 3.28. The summed E-state index contributed by atoms with van der Waals surface area (Å²) in [6, 6.07) is 8.38. The summed E-state index contributed by atoms with van der Waals surface area (Å²) in [5.74, 6) is 0.282. The molecule has 2 aromatic carbocycles. The highest BCUT2D eigenvalue weighted by Crippen LogP contribution is 2.38. The van der Waals surface area contributed by atoms with Crippen LogP contribution in [-0.4, -0.2) is 44.9 Å². The number of nitrogens with zero attached hydrogens (tertiary/aromatic N) is 2. The number of carbonyl (C=O) groups excluding carboxylic acids is 2. The molecule has 0 saturated carbocycles. The molecule has 30 heavy (non-hydrogen) atoms. The third kappa shape index (κ3) is 3.88. The second-order valence-corrected chi connectivity index (χ2v) is 7.14. The number of aryl methyl sites for hydroxylation is 1. The van der Waals surface area contributed by atoms with Gasteiger partial charge in [-0.25, -0.2) is 4.79 Å². The van der Waals surface area contributed by atoms with Gasteiger partial charge in [-0.1, -0.05) is 11.3 Å². The summed E-state index contributed by atoms with van der Waals surface area (Å²) in [5.41, 5.74) is 1.63. The first kappa shape index (κ1) is 21.4. The van der Waals surface area contributed by atoms with Crippen LogP contribution in [0, 0.1) is 0 Å². The molecule has 3 rings (SSSR count). The Kier molecular flexibility index (Phi) is 6.41. The molecule has 9 heteroatoms. The van der Waals surface area contributed by atoms with E-state index >= 15 is 0 Å². The van der Waals surface area contributed by atoms with Crippen molar-refractivity contribution in [3.63, 3.8) is 0 Å². The number of amides is 1. The Balaban J connectivity index is 2.12. The highest BCUT2D eigenvalue weighted by atomic mass is 32.1. The summed E-state index contributed by atoms with van der Waals surface area (Å²) >= 11 is 1.32. The van der Waals surface area contributed by atoms with Crippen LogP contribution in [0.15, 0.2) is 35.3 Å². The molecule has 0 radical (unpaired) electrons. The number of rotatable bonds is 6. The van der Waals surface area contributed by atoms with Crippen molar-refractivity contribution < 1.29 is 28.5 Å². The van der Waals surface area contributed by atoms with E-state index in [0.29, 0.717) is 39.7 Å². The summed E-state index contributed by atoms with van der Waals surface area (Å²) in [6.07, 6.45) is 0. The largest absolute Gasteiger partial charge is 0.493 e. The number of carbonyl (C=O) groups is 2. The van der Waals surface area contributed by atoms with E-state index in [9.17, 15) is 9.59 Å². The lowest BCUT2D eigenvalue weighted by molar-refractivity contribution is 0.0601. The first-order valence-electron chi connectivity index (χ1n) is 9.08. The molecule has 0 N–H and O–H groups in total. The van der Waals surface area contributed by atoms with E-state index < -0.39 is 11.9 Å². The molecule has 1 amide bonds. The molecule has 8 nitrogen and oxygen atoms in total. The molecular weight excluding hydrogens is 408 g/mol. The molecule has 0 aliphatic carbocycles. The van der Waals surface area contributed by atoms with Crippen molar-refractivity contribution in [1.82, 2.24) is 4.57 Å². The van der Waals surface area contributed by atoms with Gasteiger partial charge in [-0.3, -0.25) is 4.79 Å². The zero-order valence-corrected chi connectivity index (χ0v) is 18.2. The highest BCUT2D eigenvalue weighted by molar-refractivity contribution is 7.16. The molecule has 0 aliphatic rings. The van der Waals surface area contributed by atoms with Crippen molar-refractivity contribution in [3.05, 3.63) is 46.3 Å². The Morgan fingerprint density at radius 2 is 1.63 bits per heavy atom. The molecule has 0 unspecified atom stereocenters. The molecule has 0 saturated heterocycles. The number of hydrogen-bond donors (Lipinski definition) is 0. The van der Waals surface area contributed by atoms with Crippen LogP contribution >= 0.6 is 11.3 Å². The summed E-state index contributed by atoms with van der Waals surface area (Å²) in [5, 5.41) is 0.